The highest BCUT2D eigenvalue weighted by Gasteiger charge is 2.13. The Labute approximate surface area is 90.8 Å². The summed E-state index contributed by atoms with van der Waals surface area (Å²) in [6, 6.07) is 0.570. The van der Waals surface area contributed by atoms with Crippen LogP contribution < -0.4 is 5.32 Å². The topological polar surface area (TPSA) is 24.9 Å². The fourth-order valence-electron chi connectivity index (χ4n) is 1.42. The molecule has 1 aromatic heterocycles. The van der Waals surface area contributed by atoms with Gasteiger partial charge in [-0.3, -0.25) is 0 Å². The first-order chi connectivity index (χ1) is 6.74. The van der Waals surface area contributed by atoms with Gasteiger partial charge < -0.3 is 5.32 Å². The zero-order chi connectivity index (χ0) is 10.4. The van der Waals surface area contributed by atoms with Gasteiger partial charge in [0.2, 0.25) is 0 Å². The zero-order valence-electron chi connectivity index (χ0n) is 9.29. The van der Waals surface area contributed by atoms with E-state index in [1.54, 1.807) is 11.3 Å². The molecule has 3 heteroatoms. The largest absolute Gasteiger partial charge is 0.313 e. The minimum absolute atomic E-state index is 0.570. The van der Waals surface area contributed by atoms with Crippen LogP contribution in [0.5, 0.6) is 0 Å². The van der Waals surface area contributed by atoms with E-state index in [9.17, 15) is 0 Å². The monoisotopic (exact) mass is 212 g/mol. The molecule has 0 saturated carbocycles. The molecule has 0 saturated heterocycles. The van der Waals surface area contributed by atoms with Crippen molar-refractivity contribution in [2.24, 2.45) is 5.92 Å². The fraction of sp³-hybridized carbons (Fsp3) is 0.727. The van der Waals surface area contributed by atoms with Gasteiger partial charge in [0, 0.05) is 24.0 Å². The van der Waals surface area contributed by atoms with Gasteiger partial charge in [-0.1, -0.05) is 20.8 Å². The molecule has 0 aromatic carbocycles. The maximum atomic E-state index is 4.33. The molecule has 0 aliphatic carbocycles. The highest BCUT2D eigenvalue weighted by molar-refractivity contribution is 7.09. The molecule has 0 amide bonds. The maximum absolute atomic E-state index is 4.33. The van der Waals surface area contributed by atoms with Crippen molar-refractivity contribution in [3.05, 3.63) is 16.6 Å². The minimum Gasteiger partial charge on any atom is -0.313 e. The van der Waals surface area contributed by atoms with Crippen LogP contribution in [0.4, 0.5) is 0 Å². The second-order valence-electron chi connectivity index (χ2n) is 3.93. The van der Waals surface area contributed by atoms with Gasteiger partial charge in [-0.2, -0.15) is 0 Å². The van der Waals surface area contributed by atoms with Crippen LogP contribution in [0.3, 0.4) is 0 Å². The van der Waals surface area contributed by atoms with Crippen molar-refractivity contribution in [2.45, 2.75) is 39.7 Å². The molecule has 0 fully saturated rings. The molecule has 14 heavy (non-hydrogen) atoms. The van der Waals surface area contributed by atoms with E-state index >= 15 is 0 Å². The van der Waals surface area contributed by atoms with Crippen LogP contribution in [-0.4, -0.2) is 17.6 Å². The standard InChI is InChI=1S/C11H20N2S/c1-4-5-12-10(9(2)3)8-11-13-6-7-14-11/h6-7,9-10,12H,4-5,8H2,1-3H3. The Balaban J connectivity index is 2.43. The van der Waals surface area contributed by atoms with Crippen LogP contribution in [0, 0.1) is 5.92 Å². The van der Waals surface area contributed by atoms with Gasteiger partial charge in [-0.15, -0.1) is 11.3 Å². The second kappa shape index (κ2) is 6.14. The predicted octanol–water partition coefficient (Wildman–Crippen LogP) is 2.71. The molecule has 0 aliphatic rings. The van der Waals surface area contributed by atoms with Crippen LogP contribution in [-0.2, 0) is 6.42 Å². The van der Waals surface area contributed by atoms with E-state index in [4.69, 9.17) is 0 Å². The molecule has 1 N–H and O–H groups in total. The lowest BCUT2D eigenvalue weighted by Gasteiger charge is -2.21. The summed E-state index contributed by atoms with van der Waals surface area (Å²) in [7, 11) is 0. The third kappa shape index (κ3) is 3.76. The summed E-state index contributed by atoms with van der Waals surface area (Å²) in [6.07, 6.45) is 4.15. The summed E-state index contributed by atoms with van der Waals surface area (Å²) < 4.78 is 0. The number of nitrogens with one attached hydrogen (secondary N) is 1. The number of aromatic nitrogens is 1. The molecule has 1 aromatic rings. The molecule has 0 radical (unpaired) electrons. The average Bonchev–Trinajstić information content (AvgIpc) is 2.64. The molecular weight excluding hydrogens is 192 g/mol. The lowest BCUT2D eigenvalue weighted by Crippen LogP contribution is -2.36. The SMILES string of the molecule is CCCNC(Cc1nccs1)C(C)C. The normalized spacial score (nSPS) is 13.4. The first kappa shape index (κ1) is 11.7. The van der Waals surface area contributed by atoms with Gasteiger partial charge in [0.05, 0.1) is 5.01 Å². The van der Waals surface area contributed by atoms with Crippen LogP contribution in [0.15, 0.2) is 11.6 Å². The van der Waals surface area contributed by atoms with Crippen LogP contribution in [0.25, 0.3) is 0 Å². The Bertz CT molecular complexity index is 231. The summed E-state index contributed by atoms with van der Waals surface area (Å²) in [5.74, 6) is 0.672. The van der Waals surface area contributed by atoms with Crippen molar-refractivity contribution >= 4 is 11.3 Å². The molecule has 1 rings (SSSR count). The Hall–Kier alpha value is -0.410. The Morgan fingerprint density at radius 2 is 2.29 bits per heavy atom. The van der Waals surface area contributed by atoms with E-state index in [2.05, 4.69) is 31.1 Å². The van der Waals surface area contributed by atoms with E-state index in [0.717, 1.165) is 13.0 Å². The molecule has 1 atom stereocenters. The summed E-state index contributed by atoms with van der Waals surface area (Å²) >= 11 is 1.75. The molecule has 1 unspecified atom stereocenters. The predicted molar refractivity (Wildman–Crippen MR) is 62.7 cm³/mol. The number of rotatable bonds is 6. The summed E-state index contributed by atoms with van der Waals surface area (Å²) in [5, 5.41) is 6.86. The molecule has 1 heterocycles. The van der Waals surface area contributed by atoms with Gasteiger partial charge >= 0.3 is 0 Å². The van der Waals surface area contributed by atoms with Crippen LogP contribution >= 0.6 is 11.3 Å². The van der Waals surface area contributed by atoms with Gasteiger partial charge in [0.15, 0.2) is 0 Å². The highest BCUT2D eigenvalue weighted by atomic mass is 32.1. The molecule has 80 valence electrons. The average molecular weight is 212 g/mol. The second-order valence-corrected chi connectivity index (χ2v) is 4.91. The molecule has 0 spiro atoms. The van der Waals surface area contributed by atoms with Gasteiger partial charge in [-0.25, -0.2) is 4.98 Å². The highest BCUT2D eigenvalue weighted by Crippen LogP contribution is 2.12. The smallest absolute Gasteiger partial charge is 0.0940 e. The lowest BCUT2D eigenvalue weighted by atomic mass is 10.0. The molecule has 2 nitrogen and oxygen atoms in total. The summed E-state index contributed by atoms with van der Waals surface area (Å²) in [5.41, 5.74) is 0. The maximum Gasteiger partial charge on any atom is 0.0940 e. The zero-order valence-corrected chi connectivity index (χ0v) is 10.1. The van der Waals surface area contributed by atoms with Crippen LogP contribution in [0.1, 0.15) is 32.2 Å². The van der Waals surface area contributed by atoms with Crippen molar-refractivity contribution in [3.63, 3.8) is 0 Å². The van der Waals surface area contributed by atoms with Gasteiger partial charge in [0.1, 0.15) is 0 Å². The fourth-order valence-corrected chi connectivity index (χ4v) is 2.09. The third-order valence-corrected chi connectivity index (χ3v) is 3.14. The Morgan fingerprint density at radius 1 is 1.50 bits per heavy atom. The van der Waals surface area contributed by atoms with E-state index in [1.165, 1.54) is 11.4 Å². The first-order valence-corrected chi connectivity index (χ1v) is 6.23. The molecule has 0 aliphatic heterocycles. The minimum atomic E-state index is 0.570. The van der Waals surface area contributed by atoms with Gasteiger partial charge in [0.25, 0.3) is 0 Å². The lowest BCUT2D eigenvalue weighted by molar-refractivity contribution is 0.397. The summed E-state index contributed by atoms with van der Waals surface area (Å²) in [6.45, 7) is 7.84. The quantitative estimate of drug-likeness (QED) is 0.784. The van der Waals surface area contributed by atoms with E-state index in [0.29, 0.717) is 12.0 Å². The van der Waals surface area contributed by atoms with Crippen molar-refractivity contribution in [3.8, 4) is 0 Å². The van der Waals surface area contributed by atoms with Gasteiger partial charge in [-0.05, 0) is 18.9 Å². The Kier molecular flexibility index (Phi) is 5.12. The van der Waals surface area contributed by atoms with Crippen molar-refractivity contribution in [1.82, 2.24) is 10.3 Å². The van der Waals surface area contributed by atoms with Crippen molar-refractivity contribution in [1.29, 1.82) is 0 Å². The van der Waals surface area contributed by atoms with E-state index in [1.807, 2.05) is 11.6 Å². The van der Waals surface area contributed by atoms with E-state index in [-0.39, 0.29) is 0 Å². The third-order valence-electron chi connectivity index (χ3n) is 2.34. The van der Waals surface area contributed by atoms with Crippen LogP contribution in [0.2, 0.25) is 0 Å². The number of hydrogen-bond donors (Lipinski definition) is 1. The van der Waals surface area contributed by atoms with Crippen molar-refractivity contribution < 1.29 is 0 Å². The number of thiazole rings is 1. The molecular formula is C11H20N2S. The van der Waals surface area contributed by atoms with E-state index < -0.39 is 0 Å². The Morgan fingerprint density at radius 3 is 2.79 bits per heavy atom. The number of hydrogen-bond acceptors (Lipinski definition) is 3. The molecule has 0 bridgehead atoms. The van der Waals surface area contributed by atoms with Crippen molar-refractivity contribution in [2.75, 3.05) is 6.54 Å². The first-order valence-electron chi connectivity index (χ1n) is 5.35. The summed E-state index contributed by atoms with van der Waals surface area (Å²) in [4.78, 5) is 4.33. The number of nitrogens with zero attached hydrogens (tertiary/aromatic N) is 1.